The fourth-order valence-corrected chi connectivity index (χ4v) is 3.59. The second-order valence-electron chi connectivity index (χ2n) is 7.67. The highest BCUT2D eigenvalue weighted by Crippen LogP contribution is 2.32. The van der Waals surface area contributed by atoms with Gasteiger partial charge in [0.15, 0.2) is 0 Å². The van der Waals surface area contributed by atoms with Crippen LogP contribution in [0.5, 0.6) is 0 Å². The van der Waals surface area contributed by atoms with Gasteiger partial charge in [-0.1, -0.05) is 31.4 Å². The van der Waals surface area contributed by atoms with E-state index >= 15 is 0 Å². The summed E-state index contributed by atoms with van der Waals surface area (Å²) in [5.74, 6) is 1.65. The molecule has 34 heavy (non-hydrogen) atoms. The van der Waals surface area contributed by atoms with E-state index in [1.165, 1.54) is 0 Å². The van der Waals surface area contributed by atoms with E-state index in [1.807, 2.05) is 19.1 Å². The average Bonchev–Trinajstić information content (AvgIpc) is 3.18. The molecule has 1 fully saturated rings. The number of nitrogens with zero attached hydrogens (tertiary/aromatic N) is 1. The molecule has 3 rings (SSSR count). The predicted molar refractivity (Wildman–Crippen MR) is 114 cm³/mol. The summed E-state index contributed by atoms with van der Waals surface area (Å²) < 4.78 is 56.5. The molecule has 1 aliphatic heterocycles. The molecule has 3 atom stereocenters. The van der Waals surface area contributed by atoms with E-state index in [9.17, 15) is 27.6 Å². The first-order valence-corrected chi connectivity index (χ1v) is 10.5. The quantitative estimate of drug-likeness (QED) is 0.461. The molecule has 2 aromatic rings. The standard InChI is InChI=1S/C23H23F3N2O6/c1-3-5-14-6-8-15(9-7-14)21(30)33-13-18-17(32-10-4-2)11-19(34-18)28-12-16(23(24,25)26)20(29)27-22(28)31/h2,6-9,12,17-19H,3,5,10-11,13H2,1H3,(H,27,29,31)/t17-,18+,19+/m0/s1. The van der Waals surface area contributed by atoms with Crippen LogP contribution in [0.15, 0.2) is 40.1 Å². The first-order valence-electron chi connectivity index (χ1n) is 10.5. The van der Waals surface area contributed by atoms with Crippen LogP contribution in [0.4, 0.5) is 13.2 Å². The number of ether oxygens (including phenoxy) is 3. The van der Waals surface area contributed by atoms with Gasteiger partial charge in [0.1, 0.15) is 31.1 Å². The Morgan fingerprint density at radius 2 is 2.00 bits per heavy atom. The largest absolute Gasteiger partial charge is 0.459 e. The normalized spacial score (nSPS) is 20.1. The van der Waals surface area contributed by atoms with Crippen molar-refractivity contribution < 1.29 is 32.2 Å². The lowest BCUT2D eigenvalue weighted by Crippen LogP contribution is -2.36. The third-order valence-corrected chi connectivity index (χ3v) is 5.25. The molecule has 1 aromatic heterocycles. The predicted octanol–water partition coefficient (Wildman–Crippen LogP) is 2.67. The highest BCUT2D eigenvalue weighted by molar-refractivity contribution is 5.89. The Kier molecular flexibility index (Phi) is 7.96. The molecule has 182 valence electrons. The van der Waals surface area contributed by atoms with Crippen LogP contribution >= 0.6 is 0 Å². The Morgan fingerprint density at radius 3 is 2.62 bits per heavy atom. The van der Waals surface area contributed by atoms with Gasteiger partial charge in [-0.15, -0.1) is 6.42 Å². The van der Waals surface area contributed by atoms with Gasteiger partial charge in [0.2, 0.25) is 0 Å². The molecule has 11 heteroatoms. The molecule has 0 aliphatic carbocycles. The Hall–Kier alpha value is -3.36. The zero-order valence-electron chi connectivity index (χ0n) is 18.3. The van der Waals surface area contributed by atoms with Crippen LogP contribution in [0.1, 0.15) is 47.5 Å². The van der Waals surface area contributed by atoms with Crippen LogP contribution in [-0.4, -0.2) is 40.9 Å². The van der Waals surface area contributed by atoms with Crippen molar-refractivity contribution in [3.63, 3.8) is 0 Å². The number of rotatable bonds is 8. The second kappa shape index (κ2) is 10.7. The van der Waals surface area contributed by atoms with E-state index in [0.717, 1.165) is 18.4 Å². The minimum absolute atomic E-state index is 0.0567. The number of aromatic amines is 1. The summed E-state index contributed by atoms with van der Waals surface area (Å²) in [6.45, 7) is 1.63. The molecule has 0 bridgehead atoms. The monoisotopic (exact) mass is 480 g/mol. The maximum atomic E-state index is 13.1. The van der Waals surface area contributed by atoms with Crippen LogP contribution in [0, 0.1) is 12.3 Å². The number of carbonyl (C=O) groups excluding carboxylic acids is 1. The Labute approximate surface area is 192 Å². The third kappa shape index (κ3) is 5.95. The van der Waals surface area contributed by atoms with Gasteiger partial charge >= 0.3 is 17.8 Å². The summed E-state index contributed by atoms with van der Waals surface area (Å²) in [4.78, 5) is 37.8. The fraction of sp³-hybridized carbons (Fsp3) is 0.435. The molecule has 0 amide bonds. The van der Waals surface area contributed by atoms with Crippen molar-refractivity contribution in [2.75, 3.05) is 13.2 Å². The molecule has 1 aromatic carbocycles. The minimum atomic E-state index is -4.97. The number of H-pyrrole nitrogens is 1. The van der Waals surface area contributed by atoms with Gasteiger partial charge in [0.25, 0.3) is 5.56 Å². The lowest BCUT2D eigenvalue weighted by Gasteiger charge is -2.18. The van der Waals surface area contributed by atoms with Crippen LogP contribution in [0.25, 0.3) is 0 Å². The highest BCUT2D eigenvalue weighted by Gasteiger charge is 2.40. The van der Waals surface area contributed by atoms with E-state index in [2.05, 4.69) is 5.92 Å². The average molecular weight is 480 g/mol. The third-order valence-electron chi connectivity index (χ3n) is 5.25. The molecule has 8 nitrogen and oxygen atoms in total. The van der Waals surface area contributed by atoms with Crippen molar-refractivity contribution >= 4 is 5.97 Å². The number of esters is 1. The molecule has 1 saturated heterocycles. The molecule has 0 unspecified atom stereocenters. The van der Waals surface area contributed by atoms with Crippen LogP contribution < -0.4 is 11.2 Å². The summed E-state index contributed by atoms with van der Waals surface area (Å²) in [6, 6.07) is 6.91. The Morgan fingerprint density at radius 1 is 1.29 bits per heavy atom. The van der Waals surface area contributed by atoms with Gasteiger partial charge in [-0.05, 0) is 24.1 Å². The number of hydrogen-bond acceptors (Lipinski definition) is 6. The Bertz CT molecular complexity index is 1160. The number of halogens is 3. The minimum Gasteiger partial charge on any atom is -0.459 e. The van der Waals surface area contributed by atoms with E-state index in [4.69, 9.17) is 20.6 Å². The zero-order valence-corrected chi connectivity index (χ0v) is 18.3. The first-order chi connectivity index (χ1) is 16.1. The number of carbonyl (C=O) groups is 1. The van der Waals surface area contributed by atoms with Crippen LogP contribution in [0.3, 0.4) is 0 Å². The first kappa shape index (κ1) is 25.3. The van der Waals surface area contributed by atoms with Crippen molar-refractivity contribution in [3.05, 3.63) is 68.0 Å². The molecular weight excluding hydrogens is 457 g/mol. The zero-order chi connectivity index (χ0) is 24.9. The van der Waals surface area contributed by atoms with E-state index in [0.29, 0.717) is 16.3 Å². The van der Waals surface area contributed by atoms with Crippen molar-refractivity contribution in [1.82, 2.24) is 9.55 Å². The molecule has 0 saturated carbocycles. The smallest absolute Gasteiger partial charge is 0.423 e. The van der Waals surface area contributed by atoms with Crippen molar-refractivity contribution in [3.8, 4) is 12.3 Å². The number of terminal acetylenes is 1. The molecule has 1 N–H and O–H groups in total. The number of nitrogens with one attached hydrogen (secondary N) is 1. The van der Waals surface area contributed by atoms with E-state index in [-0.39, 0.29) is 19.6 Å². The maximum Gasteiger partial charge on any atom is 0.423 e. The topological polar surface area (TPSA) is 99.6 Å². The van der Waals surface area contributed by atoms with Crippen molar-refractivity contribution in [2.24, 2.45) is 0 Å². The molecule has 0 spiro atoms. The van der Waals surface area contributed by atoms with E-state index in [1.54, 1.807) is 17.1 Å². The summed E-state index contributed by atoms with van der Waals surface area (Å²) in [5.41, 5.74) is -2.78. The van der Waals surface area contributed by atoms with Gasteiger partial charge in [0, 0.05) is 12.6 Å². The molecule has 0 radical (unpaired) electrons. The molecule has 1 aliphatic rings. The van der Waals surface area contributed by atoms with Crippen LogP contribution in [0.2, 0.25) is 0 Å². The van der Waals surface area contributed by atoms with Crippen molar-refractivity contribution in [2.45, 2.75) is 50.8 Å². The van der Waals surface area contributed by atoms with Gasteiger partial charge in [-0.3, -0.25) is 14.3 Å². The second-order valence-corrected chi connectivity index (χ2v) is 7.67. The number of aromatic nitrogens is 2. The number of alkyl halides is 3. The van der Waals surface area contributed by atoms with Crippen LogP contribution in [-0.2, 0) is 26.8 Å². The van der Waals surface area contributed by atoms with Gasteiger partial charge in [-0.25, -0.2) is 9.59 Å². The van der Waals surface area contributed by atoms with Crippen molar-refractivity contribution in [1.29, 1.82) is 0 Å². The molecular formula is C23H23F3N2O6. The van der Waals surface area contributed by atoms with Gasteiger partial charge < -0.3 is 14.2 Å². The summed E-state index contributed by atoms with van der Waals surface area (Å²) >= 11 is 0. The summed E-state index contributed by atoms with van der Waals surface area (Å²) in [5, 5.41) is 0. The number of hydrogen-bond donors (Lipinski definition) is 1. The van der Waals surface area contributed by atoms with Gasteiger partial charge in [-0.2, -0.15) is 13.2 Å². The highest BCUT2D eigenvalue weighted by atomic mass is 19.4. The lowest BCUT2D eigenvalue weighted by atomic mass is 10.1. The maximum absolute atomic E-state index is 13.1. The summed E-state index contributed by atoms with van der Waals surface area (Å²) in [7, 11) is 0. The van der Waals surface area contributed by atoms with E-state index < -0.39 is 47.4 Å². The molecule has 2 heterocycles. The fourth-order valence-electron chi connectivity index (χ4n) is 3.59. The SMILES string of the molecule is C#CCO[C@H]1C[C@H](n2cc(C(F)(F)F)c(=O)[nH]c2=O)O[C@@H]1COC(=O)c1ccc(CCC)cc1. The lowest BCUT2D eigenvalue weighted by molar-refractivity contribution is -0.139. The number of benzene rings is 1. The Balaban J connectivity index is 1.75. The van der Waals surface area contributed by atoms with Gasteiger partial charge in [0.05, 0.1) is 11.7 Å². The number of aryl methyl sites for hydroxylation is 1. The summed E-state index contributed by atoms with van der Waals surface area (Å²) in [6.07, 6.45) is -0.450.